The van der Waals surface area contributed by atoms with Crippen molar-refractivity contribution in [1.29, 1.82) is 0 Å². The van der Waals surface area contributed by atoms with Crippen LogP contribution >= 0.6 is 0 Å². The number of benzene rings is 1. The van der Waals surface area contributed by atoms with E-state index in [1.54, 1.807) is 11.1 Å². The third kappa shape index (κ3) is 5.98. The topological polar surface area (TPSA) is 97.2 Å². The van der Waals surface area contributed by atoms with Gasteiger partial charge in [0.05, 0.1) is 31.3 Å². The van der Waals surface area contributed by atoms with Crippen LogP contribution in [-0.2, 0) is 22.6 Å². The van der Waals surface area contributed by atoms with Gasteiger partial charge in [0.1, 0.15) is 12.4 Å². The normalized spacial score (nSPS) is 13.9. The molecule has 1 aliphatic rings. The lowest BCUT2D eigenvalue weighted by atomic mass is 10.1. The Balaban J connectivity index is 1.38. The number of amides is 1. The molecule has 4 rings (SSSR count). The van der Waals surface area contributed by atoms with Crippen molar-refractivity contribution in [2.75, 3.05) is 36.9 Å². The van der Waals surface area contributed by atoms with Crippen LogP contribution in [0.2, 0.25) is 0 Å². The molecule has 180 valence electrons. The lowest BCUT2D eigenvalue weighted by molar-refractivity contribution is -0.136. The zero-order chi connectivity index (χ0) is 24.1. The maximum Gasteiger partial charge on any atom is 0.263 e. The number of alkyl halides is 2. The molecular formula is C21H21F4N7O2. The van der Waals surface area contributed by atoms with Crippen molar-refractivity contribution in [3.63, 3.8) is 0 Å². The second-order valence-corrected chi connectivity index (χ2v) is 7.48. The molecule has 1 saturated heterocycles. The van der Waals surface area contributed by atoms with E-state index in [-0.39, 0.29) is 36.3 Å². The SMILES string of the molecule is O=C(Cn1cc(Nc2ncc(F)c(NCc3cc(F)cc(C(F)F)c3)n2)cn1)N1CCOCC1. The number of halogens is 4. The highest BCUT2D eigenvalue weighted by molar-refractivity contribution is 5.76. The molecule has 0 atom stereocenters. The maximum absolute atomic E-state index is 14.1. The maximum atomic E-state index is 14.1. The molecule has 0 radical (unpaired) electrons. The molecule has 0 saturated carbocycles. The van der Waals surface area contributed by atoms with Gasteiger partial charge in [-0.2, -0.15) is 10.1 Å². The van der Waals surface area contributed by atoms with Crippen LogP contribution in [0.25, 0.3) is 0 Å². The van der Waals surface area contributed by atoms with Crippen molar-refractivity contribution in [2.24, 2.45) is 0 Å². The minimum Gasteiger partial charge on any atom is -0.378 e. The lowest BCUT2D eigenvalue weighted by Crippen LogP contribution is -2.42. The summed E-state index contributed by atoms with van der Waals surface area (Å²) in [4.78, 5) is 21.9. The Kier molecular flexibility index (Phi) is 7.21. The summed E-state index contributed by atoms with van der Waals surface area (Å²) in [6.45, 7) is 1.98. The molecule has 1 fully saturated rings. The van der Waals surface area contributed by atoms with Gasteiger partial charge >= 0.3 is 0 Å². The highest BCUT2D eigenvalue weighted by Gasteiger charge is 2.18. The van der Waals surface area contributed by atoms with Gasteiger partial charge in [-0.05, 0) is 23.8 Å². The average molecular weight is 479 g/mol. The van der Waals surface area contributed by atoms with Crippen molar-refractivity contribution in [3.8, 4) is 0 Å². The highest BCUT2D eigenvalue weighted by Crippen LogP contribution is 2.22. The Morgan fingerprint density at radius 3 is 2.71 bits per heavy atom. The molecule has 0 spiro atoms. The number of morpholine rings is 1. The molecule has 34 heavy (non-hydrogen) atoms. The number of nitrogens with one attached hydrogen (secondary N) is 2. The summed E-state index contributed by atoms with van der Waals surface area (Å²) in [5.74, 6) is -1.84. The molecule has 1 amide bonds. The van der Waals surface area contributed by atoms with Gasteiger partial charge in [-0.3, -0.25) is 9.48 Å². The Morgan fingerprint density at radius 1 is 1.15 bits per heavy atom. The van der Waals surface area contributed by atoms with Crippen molar-refractivity contribution in [1.82, 2.24) is 24.6 Å². The molecule has 3 heterocycles. The van der Waals surface area contributed by atoms with E-state index >= 15 is 0 Å². The van der Waals surface area contributed by atoms with E-state index in [4.69, 9.17) is 4.74 Å². The predicted octanol–water partition coefficient (Wildman–Crippen LogP) is 3.10. The minimum atomic E-state index is -2.83. The molecule has 13 heteroatoms. The largest absolute Gasteiger partial charge is 0.378 e. The van der Waals surface area contributed by atoms with Gasteiger partial charge in [-0.15, -0.1) is 0 Å². The fourth-order valence-electron chi connectivity index (χ4n) is 3.34. The van der Waals surface area contributed by atoms with Gasteiger partial charge < -0.3 is 20.3 Å². The van der Waals surface area contributed by atoms with Crippen LogP contribution in [0.3, 0.4) is 0 Å². The summed E-state index contributed by atoms with van der Waals surface area (Å²) in [6.07, 6.45) is 1.15. The van der Waals surface area contributed by atoms with E-state index in [2.05, 4.69) is 25.7 Å². The molecule has 2 aromatic heterocycles. The van der Waals surface area contributed by atoms with Crippen LogP contribution in [0, 0.1) is 11.6 Å². The molecule has 3 aromatic rings. The van der Waals surface area contributed by atoms with Gasteiger partial charge in [0, 0.05) is 31.4 Å². The summed E-state index contributed by atoms with van der Waals surface area (Å²) in [7, 11) is 0. The molecule has 9 nitrogen and oxygen atoms in total. The second kappa shape index (κ2) is 10.5. The summed E-state index contributed by atoms with van der Waals surface area (Å²) in [6, 6.07) is 2.95. The van der Waals surface area contributed by atoms with Crippen LogP contribution in [0.5, 0.6) is 0 Å². The van der Waals surface area contributed by atoms with Crippen LogP contribution in [0.1, 0.15) is 17.6 Å². The Bertz CT molecular complexity index is 1150. The van der Waals surface area contributed by atoms with Crippen LogP contribution in [0.15, 0.2) is 36.8 Å². The van der Waals surface area contributed by atoms with E-state index < -0.39 is 23.6 Å². The van der Waals surface area contributed by atoms with E-state index in [0.29, 0.717) is 32.0 Å². The van der Waals surface area contributed by atoms with Crippen molar-refractivity contribution in [3.05, 3.63) is 59.6 Å². The first kappa shape index (κ1) is 23.4. The molecule has 0 bridgehead atoms. The van der Waals surface area contributed by atoms with Gasteiger partial charge in [0.25, 0.3) is 6.43 Å². The number of carbonyl (C=O) groups excluding carboxylic acids is 1. The molecule has 1 aromatic carbocycles. The minimum absolute atomic E-state index is 0.0375. The Morgan fingerprint density at radius 2 is 1.94 bits per heavy atom. The van der Waals surface area contributed by atoms with Gasteiger partial charge in [0.2, 0.25) is 11.9 Å². The summed E-state index contributed by atoms with van der Waals surface area (Å²) in [5, 5.41) is 9.64. The zero-order valence-corrected chi connectivity index (χ0v) is 17.8. The first-order chi connectivity index (χ1) is 16.4. The van der Waals surface area contributed by atoms with E-state index in [0.717, 1.165) is 24.4 Å². The number of hydrogen-bond acceptors (Lipinski definition) is 7. The number of aromatic nitrogens is 4. The van der Waals surface area contributed by atoms with Crippen LogP contribution < -0.4 is 10.6 Å². The summed E-state index contributed by atoms with van der Waals surface area (Å²) < 4.78 is 60.2. The van der Waals surface area contributed by atoms with E-state index in [9.17, 15) is 22.4 Å². The van der Waals surface area contributed by atoms with Gasteiger partial charge in [-0.1, -0.05) is 0 Å². The Hall–Kier alpha value is -3.74. The monoisotopic (exact) mass is 479 g/mol. The number of ether oxygens (including phenoxy) is 1. The summed E-state index contributed by atoms with van der Waals surface area (Å²) in [5.41, 5.74) is 0.208. The fraction of sp³-hybridized carbons (Fsp3) is 0.333. The number of nitrogens with zero attached hydrogens (tertiary/aromatic N) is 5. The average Bonchev–Trinajstić information content (AvgIpc) is 3.26. The van der Waals surface area contributed by atoms with Crippen molar-refractivity contribution in [2.45, 2.75) is 19.5 Å². The fourth-order valence-corrected chi connectivity index (χ4v) is 3.34. The first-order valence-electron chi connectivity index (χ1n) is 10.4. The van der Waals surface area contributed by atoms with Crippen LogP contribution in [-0.4, -0.2) is 56.9 Å². The molecular weight excluding hydrogens is 458 g/mol. The molecule has 2 N–H and O–H groups in total. The number of carbonyl (C=O) groups is 1. The van der Waals surface area contributed by atoms with E-state index in [1.165, 1.54) is 10.9 Å². The number of hydrogen-bond donors (Lipinski definition) is 2. The van der Waals surface area contributed by atoms with Crippen molar-refractivity contribution < 1.29 is 27.1 Å². The van der Waals surface area contributed by atoms with E-state index in [1.807, 2.05) is 0 Å². The third-order valence-electron chi connectivity index (χ3n) is 4.99. The first-order valence-corrected chi connectivity index (χ1v) is 10.4. The van der Waals surface area contributed by atoms with Crippen LogP contribution in [0.4, 0.5) is 35.0 Å². The van der Waals surface area contributed by atoms with Crippen molar-refractivity contribution >= 4 is 23.4 Å². The lowest BCUT2D eigenvalue weighted by Gasteiger charge is -2.26. The third-order valence-corrected chi connectivity index (χ3v) is 4.99. The zero-order valence-electron chi connectivity index (χ0n) is 17.8. The van der Waals surface area contributed by atoms with Gasteiger partial charge in [-0.25, -0.2) is 22.5 Å². The predicted molar refractivity (Wildman–Crippen MR) is 114 cm³/mol. The second-order valence-electron chi connectivity index (χ2n) is 7.48. The highest BCUT2D eigenvalue weighted by atomic mass is 19.3. The molecule has 1 aliphatic heterocycles. The molecule has 0 aliphatic carbocycles. The standard InChI is InChI=1S/C21H21F4N7O2/c22-15-6-13(5-14(7-15)19(24)25)8-26-20-17(23)10-27-21(30-20)29-16-9-28-32(11-16)12-18(33)31-1-3-34-4-2-31/h5-7,9-11,19H,1-4,8,12H2,(H2,26,27,29,30). The quantitative estimate of drug-likeness (QED) is 0.479. The smallest absolute Gasteiger partial charge is 0.263 e. The molecule has 0 unspecified atom stereocenters. The Labute approximate surface area is 191 Å². The summed E-state index contributed by atoms with van der Waals surface area (Å²) >= 11 is 0. The number of rotatable bonds is 8. The number of anilines is 3. The van der Waals surface area contributed by atoms with Gasteiger partial charge in [0.15, 0.2) is 11.6 Å².